The second-order valence-electron chi connectivity index (χ2n) is 0.747. The highest BCUT2D eigenvalue weighted by Crippen LogP contribution is 1.60. The van der Waals surface area contributed by atoms with E-state index < -0.39 is 0 Å². The summed E-state index contributed by atoms with van der Waals surface area (Å²) in [7, 11) is 0. The molecule has 0 amide bonds. The van der Waals surface area contributed by atoms with Gasteiger partial charge in [0.2, 0.25) is 0 Å². The van der Waals surface area contributed by atoms with Crippen LogP contribution in [-0.2, 0) is 0 Å². The Morgan fingerprint density at radius 1 is 1.00 bits per heavy atom. The maximum Gasteiger partial charge on any atom is 0.0239 e. The van der Waals surface area contributed by atoms with Crippen molar-refractivity contribution in [1.82, 2.24) is 0 Å². The third-order valence-electron chi connectivity index (χ3n) is 0.298. The topological polar surface area (TPSA) is 24.7 Å². The van der Waals surface area contributed by atoms with Crippen LogP contribution in [0.15, 0.2) is 10.2 Å². The van der Waals surface area contributed by atoms with Gasteiger partial charge in [0.25, 0.3) is 0 Å². The van der Waals surface area contributed by atoms with Gasteiger partial charge in [-0.3, -0.25) is 0 Å². The summed E-state index contributed by atoms with van der Waals surface area (Å²) in [6.07, 6.45) is 3.28. The van der Waals surface area contributed by atoms with E-state index in [0.29, 0.717) is 0 Å². The summed E-state index contributed by atoms with van der Waals surface area (Å²) in [5.41, 5.74) is 0. The number of hydrogen-bond donors (Lipinski definition) is 0. The van der Waals surface area contributed by atoms with Crippen LogP contribution in [0.5, 0.6) is 0 Å². The fourth-order valence-corrected chi connectivity index (χ4v) is 0.133. The normalized spacial score (nSPS) is 11.7. The van der Waals surface area contributed by atoms with E-state index in [1.165, 1.54) is 0 Å². The Kier molecular flexibility index (Phi) is 3.86. The highest BCUT2D eigenvalue weighted by atomic mass is 15.2. The van der Waals surface area contributed by atoms with Crippen LogP contribution in [0.2, 0.25) is 0 Å². The predicted molar refractivity (Wildman–Crippen MR) is 28.3 cm³/mol. The highest BCUT2D eigenvalue weighted by Gasteiger charge is 1.48. The zero-order valence-corrected chi connectivity index (χ0v) is 4.05. The lowest BCUT2D eigenvalue weighted by Crippen LogP contribution is -1.55. The van der Waals surface area contributed by atoms with E-state index in [2.05, 4.69) is 10.2 Å². The van der Waals surface area contributed by atoms with Crippen LogP contribution in [-0.4, -0.2) is 12.4 Å². The third-order valence-corrected chi connectivity index (χ3v) is 0.298. The van der Waals surface area contributed by atoms with Gasteiger partial charge in [0, 0.05) is 12.4 Å². The summed E-state index contributed by atoms with van der Waals surface area (Å²) in [6.45, 7) is 3.65. The second-order valence-corrected chi connectivity index (χ2v) is 0.747. The van der Waals surface area contributed by atoms with Crippen molar-refractivity contribution in [1.29, 1.82) is 0 Å². The van der Waals surface area contributed by atoms with Gasteiger partial charge in [-0.1, -0.05) is 0 Å². The van der Waals surface area contributed by atoms with Crippen LogP contribution in [0.1, 0.15) is 13.8 Å². The van der Waals surface area contributed by atoms with Gasteiger partial charge in [0.15, 0.2) is 0 Å². The average Bonchev–Trinajstić information content (AvgIpc) is 1.61. The molecule has 0 fully saturated rings. The fraction of sp³-hybridized carbons (Fsp3) is 0.500. The molecule has 0 rings (SSSR count). The van der Waals surface area contributed by atoms with Gasteiger partial charge in [0.1, 0.15) is 0 Å². The van der Waals surface area contributed by atoms with E-state index in [0.717, 1.165) is 0 Å². The van der Waals surface area contributed by atoms with Crippen molar-refractivity contribution in [2.45, 2.75) is 13.8 Å². The average molecular weight is 84.1 g/mol. The Morgan fingerprint density at radius 3 is 1.50 bits per heavy atom. The fourth-order valence-electron chi connectivity index (χ4n) is 0.133. The van der Waals surface area contributed by atoms with Crippen LogP contribution in [0.4, 0.5) is 0 Å². The van der Waals surface area contributed by atoms with E-state index in [1.54, 1.807) is 12.4 Å². The number of hydrogen-bond acceptors (Lipinski definition) is 2. The smallest absolute Gasteiger partial charge is 0.0239 e. The Balaban J connectivity index is 3.07. The molecule has 2 heteroatoms. The first-order chi connectivity index (χ1) is 2.91. The van der Waals surface area contributed by atoms with Gasteiger partial charge < -0.3 is 0 Å². The molecule has 0 heterocycles. The molecule has 0 radical (unpaired) electrons. The van der Waals surface area contributed by atoms with E-state index in [-0.39, 0.29) is 0 Å². The molecule has 2 nitrogen and oxygen atoms in total. The molecule has 6 heavy (non-hydrogen) atoms. The lowest BCUT2D eigenvalue weighted by molar-refractivity contribution is 1.26. The van der Waals surface area contributed by atoms with E-state index >= 15 is 0 Å². The highest BCUT2D eigenvalue weighted by molar-refractivity contribution is 5.57. The van der Waals surface area contributed by atoms with Crippen LogP contribution in [0.3, 0.4) is 0 Å². The van der Waals surface area contributed by atoms with E-state index in [9.17, 15) is 0 Å². The largest absolute Gasteiger partial charge is 0.164 e. The summed E-state index contributed by atoms with van der Waals surface area (Å²) >= 11 is 0. The van der Waals surface area contributed by atoms with Gasteiger partial charge in [-0.05, 0) is 13.8 Å². The molecule has 0 aliphatic heterocycles. The minimum atomic E-state index is 1.64. The zero-order chi connectivity index (χ0) is 4.83. The summed E-state index contributed by atoms with van der Waals surface area (Å²) in [5.74, 6) is 0. The molecular weight excluding hydrogens is 76.1 g/mol. The van der Waals surface area contributed by atoms with Crippen molar-refractivity contribution < 1.29 is 0 Å². The molecule has 0 atom stereocenters. The van der Waals surface area contributed by atoms with Crippen molar-refractivity contribution >= 4 is 12.4 Å². The SMILES string of the molecule is C/C=N\N=C\C. The summed E-state index contributed by atoms with van der Waals surface area (Å²) < 4.78 is 0. The monoisotopic (exact) mass is 84.1 g/mol. The lowest BCUT2D eigenvalue weighted by atomic mass is 10.9. The lowest BCUT2D eigenvalue weighted by Gasteiger charge is -1.64. The molecule has 0 unspecified atom stereocenters. The van der Waals surface area contributed by atoms with Gasteiger partial charge in [0.05, 0.1) is 0 Å². The van der Waals surface area contributed by atoms with Gasteiger partial charge >= 0.3 is 0 Å². The molecule has 0 saturated carbocycles. The van der Waals surface area contributed by atoms with E-state index in [1.807, 2.05) is 13.8 Å². The quantitative estimate of drug-likeness (QED) is 0.335. The first-order valence-electron chi connectivity index (χ1n) is 1.87. The van der Waals surface area contributed by atoms with Crippen molar-refractivity contribution in [3.63, 3.8) is 0 Å². The third kappa shape index (κ3) is 3.34. The Bertz CT molecular complexity index is 53.9. The zero-order valence-electron chi connectivity index (χ0n) is 4.05. The number of rotatable bonds is 1. The summed E-state index contributed by atoms with van der Waals surface area (Å²) in [6, 6.07) is 0. The van der Waals surface area contributed by atoms with Crippen LogP contribution >= 0.6 is 0 Å². The summed E-state index contributed by atoms with van der Waals surface area (Å²) in [4.78, 5) is 0. The minimum Gasteiger partial charge on any atom is -0.164 e. The number of nitrogens with zero attached hydrogens (tertiary/aromatic N) is 2. The molecule has 0 spiro atoms. The van der Waals surface area contributed by atoms with Crippen LogP contribution < -0.4 is 0 Å². The molecule has 0 bridgehead atoms. The predicted octanol–water partition coefficient (Wildman–Crippen LogP) is 1.08. The molecule has 0 aromatic carbocycles. The van der Waals surface area contributed by atoms with Crippen molar-refractivity contribution in [3.05, 3.63) is 0 Å². The molecule has 0 aromatic rings. The molecule has 0 saturated heterocycles. The van der Waals surface area contributed by atoms with Crippen molar-refractivity contribution in [2.75, 3.05) is 0 Å². The van der Waals surface area contributed by atoms with Crippen LogP contribution in [0.25, 0.3) is 0 Å². The second kappa shape index (κ2) is 4.34. The Hall–Kier alpha value is -0.660. The van der Waals surface area contributed by atoms with Crippen LogP contribution in [0, 0.1) is 0 Å². The Labute approximate surface area is 37.6 Å². The maximum absolute atomic E-state index is 3.53. The maximum atomic E-state index is 3.53. The van der Waals surface area contributed by atoms with Gasteiger partial charge in [-0.2, -0.15) is 10.2 Å². The molecule has 34 valence electrons. The minimum absolute atomic E-state index is 1.64. The first-order valence-corrected chi connectivity index (χ1v) is 1.87. The van der Waals surface area contributed by atoms with Gasteiger partial charge in [-0.25, -0.2) is 0 Å². The molecule has 0 aromatic heterocycles. The molecule has 0 aliphatic carbocycles. The van der Waals surface area contributed by atoms with Gasteiger partial charge in [-0.15, -0.1) is 0 Å². The molecular formula is C4H8N2. The molecule has 0 aliphatic rings. The molecule has 0 N–H and O–H groups in total. The summed E-state index contributed by atoms with van der Waals surface area (Å²) in [5, 5.41) is 7.07. The standard InChI is InChI=1S/C4H8N2/c1-3-5-6-4-2/h3-4H,1-2H3/b5-3-,6-4+. The Morgan fingerprint density at radius 2 is 1.33 bits per heavy atom. The van der Waals surface area contributed by atoms with E-state index in [4.69, 9.17) is 0 Å². The first kappa shape index (κ1) is 5.34. The van der Waals surface area contributed by atoms with Crippen molar-refractivity contribution in [2.24, 2.45) is 10.2 Å². The van der Waals surface area contributed by atoms with Crippen molar-refractivity contribution in [3.8, 4) is 0 Å².